The molecular formula is C28H24N3S+. The summed E-state index contributed by atoms with van der Waals surface area (Å²) in [5, 5.41) is 2.70. The van der Waals surface area contributed by atoms with Crippen LogP contribution in [0.1, 0.15) is 16.7 Å². The van der Waals surface area contributed by atoms with Gasteiger partial charge in [-0.25, -0.2) is 4.57 Å². The Balaban J connectivity index is 1.79. The highest BCUT2D eigenvalue weighted by Gasteiger charge is 2.29. The minimum absolute atomic E-state index is 1.17. The van der Waals surface area contributed by atoms with Gasteiger partial charge in [-0.2, -0.15) is 4.57 Å². The zero-order valence-corrected chi connectivity index (χ0v) is 19.5. The molecule has 3 heterocycles. The average molecular weight is 435 g/mol. The van der Waals surface area contributed by atoms with Crippen LogP contribution < -0.4 is 4.57 Å². The zero-order chi connectivity index (χ0) is 22.0. The largest absolute Gasteiger partial charge is 0.295 e. The lowest BCUT2D eigenvalue weighted by Gasteiger charge is -2.12. The number of hydrogen-bond acceptors (Lipinski definition) is 2. The third-order valence-electron chi connectivity index (χ3n) is 6.56. The molecule has 0 N–H and O–H groups in total. The highest BCUT2D eigenvalue weighted by Crippen LogP contribution is 2.41. The molecule has 0 unspecified atom stereocenters. The van der Waals surface area contributed by atoms with Crippen LogP contribution in [0.4, 0.5) is 0 Å². The van der Waals surface area contributed by atoms with E-state index in [9.17, 15) is 0 Å². The van der Waals surface area contributed by atoms with Gasteiger partial charge in [0.2, 0.25) is 0 Å². The van der Waals surface area contributed by atoms with E-state index < -0.39 is 0 Å². The van der Waals surface area contributed by atoms with E-state index in [2.05, 4.69) is 103 Å². The van der Waals surface area contributed by atoms with E-state index in [4.69, 9.17) is 0 Å². The number of aryl methyl sites for hydroxylation is 4. The molecule has 0 aliphatic carbocycles. The van der Waals surface area contributed by atoms with Crippen molar-refractivity contribution in [3.05, 3.63) is 89.7 Å². The Morgan fingerprint density at radius 1 is 0.875 bits per heavy atom. The molecule has 0 aliphatic rings. The molecule has 6 aromatic rings. The van der Waals surface area contributed by atoms with Crippen LogP contribution in [0.3, 0.4) is 0 Å². The maximum absolute atomic E-state index is 4.34. The zero-order valence-electron chi connectivity index (χ0n) is 18.7. The lowest BCUT2D eigenvalue weighted by atomic mass is 10.0. The van der Waals surface area contributed by atoms with Crippen molar-refractivity contribution in [2.75, 3.05) is 0 Å². The van der Waals surface area contributed by atoms with Gasteiger partial charge in [0.1, 0.15) is 5.69 Å². The first-order valence-electron chi connectivity index (χ1n) is 10.9. The maximum Gasteiger partial charge on any atom is 0.295 e. The summed E-state index contributed by atoms with van der Waals surface area (Å²) in [7, 11) is 2.16. The summed E-state index contributed by atoms with van der Waals surface area (Å²) < 4.78 is 7.47. The predicted octanol–water partition coefficient (Wildman–Crippen LogP) is 6.81. The Kier molecular flexibility index (Phi) is 4.21. The molecule has 3 nitrogen and oxygen atoms in total. The molecule has 0 atom stereocenters. The van der Waals surface area contributed by atoms with Crippen LogP contribution in [0.25, 0.3) is 48.3 Å². The number of hydrogen-bond donors (Lipinski definition) is 0. The second kappa shape index (κ2) is 7.01. The number of para-hydroxylation sites is 2. The molecule has 0 saturated carbocycles. The number of rotatable bonds is 2. The van der Waals surface area contributed by atoms with Gasteiger partial charge in [-0.15, -0.1) is 11.3 Å². The first-order valence-corrected chi connectivity index (χ1v) is 11.7. The monoisotopic (exact) mass is 434 g/mol. The van der Waals surface area contributed by atoms with Gasteiger partial charge in [-0.1, -0.05) is 30.3 Å². The quantitative estimate of drug-likeness (QED) is 0.274. The number of benzene rings is 3. The first-order chi connectivity index (χ1) is 15.6. The number of pyridine rings is 1. The fourth-order valence-corrected chi connectivity index (χ4v) is 6.27. The lowest BCUT2D eigenvalue weighted by molar-refractivity contribution is -0.633. The summed E-state index contributed by atoms with van der Waals surface area (Å²) in [6.07, 6.45) is 3.84. The van der Waals surface area contributed by atoms with Gasteiger partial charge in [-0.05, 0) is 62.2 Å². The average Bonchev–Trinajstić information content (AvgIpc) is 3.31. The minimum Gasteiger partial charge on any atom is -0.264 e. The lowest BCUT2D eigenvalue weighted by Crippen LogP contribution is -2.30. The second-order valence-corrected chi connectivity index (χ2v) is 9.59. The van der Waals surface area contributed by atoms with Crippen LogP contribution in [0.5, 0.6) is 0 Å². The van der Waals surface area contributed by atoms with Crippen molar-refractivity contribution in [2.24, 2.45) is 7.05 Å². The Morgan fingerprint density at radius 3 is 2.50 bits per heavy atom. The smallest absolute Gasteiger partial charge is 0.264 e. The maximum atomic E-state index is 4.34. The van der Waals surface area contributed by atoms with E-state index in [0.717, 1.165) is 0 Å². The molecular weight excluding hydrogens is 410 g/mol. The Labute approximate surface area is 191 Å². The molecule has 0 spiro atoms. The Hall–Kier alpha value is -3.50. The highest BCUT2D eigenvalue weighted by atomic mass is 32.1. The van der Waals surface area contributed by atoms with E-state index in [1.165, 1.54) is 65.0 Å². The van der Waals surface area contributed by atoms with Gasteiger partial charge in [0, 0.05) is 38.1 Å². The number of fused-ring (bicyclic) bond motifs is 4. The molecule has 0 fully saturated rings. The molecule has 0 bridgehead atoms. The molecule has 4 heteroatoms. The van der Waals surface area contributed by atoms with E-state index >= 15 is 0 Å². The molecule has 0 aliphatic heterocycles. The van der Waals surface area contributed by atoms with Crippen molar-refractivity contribution in [1.82, 2.24) is 9.55 Å². The van der Waals surface area contributed by atoms with E-state index in [1.807, 2.05) is 23.7 Å². The standard InChI is InChI=1S/C28H24N3S/c1-17-15-22-21-9-5-8-12-25(21)32-27(22)19(3)26(17)31-24-11-7-6-10-23(24)30(4)28(31)20-13-14-29-16-18(20)2/h5-16H,1-4H3/q+1. The van der Waals surface area contributed by atoms with Gasteiger partial charge >= 0.3 is 0 Å². The third-order valence-corrected chi connectivity index (χ3v) is 7.87. The number of thiophene rings is 1. The van der Waals surface area contributed by atoms with Crippen molar-refractivity contribution >= 4 is 42.5 Å². The summed E-state index contributed by atoms with van der Waals surface area (Å²) in [5.41, 5.74) is 8.69. The van der Waals surface area contributed by atoms with Crippen LogP contribution in [0.15, 0.2) is 73.1 Å². The van der Waals surface area contributed by atoms with Crippen LogP contribution in [-0.4, -0.2) is 9.55 Å². The SMILES string of the molecule is Cc1cnccc1-c1n(-c2c(C)cc3c(sc4ccccc43)c2C)c2ccccc2[n+]1C. The molecule has 0 saturated heterocycles. The third kappa shape index (κ3) is 2.59. The van der Waals surface area contributed by atoms with Gasteiger partial charge in [-0.3, -0.25) is 4.98 Å². The van der Waals surface area contributed by atoms with E-state index in [-0.39, 0.29) is 0 Å². The van der Waals surface area contributed by atoms with Crippen LogP contribution in [-0.2, 0) is 7.05 Å². The summed E-state index contributed by atoms with van der Waals surface area (Å²) in [5.74, 6) is 1.18. The summed E-state index contributed by atoms with van der Waals surface area (Å²) in [6.45, 7) is 6.66. The van der Waals surface area contributed by atoms with Gasteiger partial charge < -0.3 is 0 Å². The first kappa shape index (κ1) is 19.2. The normalized spacial score (nSPS) is 11.8. The topological polar surface area (TPSA) is 21.7 Å². The van der Waals surface area contributed by atoms with E-state index in [0.29, 0.717) is 0 Å². The van der Waals surface area contributed by atoms with Gasteiger partial charge in [0.05, 0.1) is 12.6 Å². The predicted molar refractivity (Wildman–Crippen MR) is 135 cm³/mol. The number of nitrogens with zero attached hydrogens (tertiary/aromatic N) is 3. The van der Waals surface area contributed by atoms with Crippen LogP contribution in [0, 0.1) is 20.8 Å². The molecule has 156 valence electrons. The van der Waals surface area contributed by atoms with Crippen molar-refractivity contribution in [3.63, 3.8) is 0 Å². The fraction of sp³-hybridized carbons (Fsp3) is 0.143. The van der Waals surface area contributed by atoms with Crippen molar-refractivity contribution in [2.45, 2.75) is 20.8 Å². The molecule has 6 rings (SSSR count). The summed E-state index contributed by atoms with van der Waals surface area (Å²) >= 11 is 1.89. The molecule has 3 aromatic carbocycles. The Bertz CT molecular complexity index is 1670. The molecule has 0 radical (unpaired) electrons. The highest BCUT2D eigenvalue weighted by molar-refractivity contribution is 7.26. The molecule has 0 amide bonds. The van der Waals surface area contributed by atoms with E-state index in [1.54, 1.807) is 0 Å². The van der Waals surface area contributed by atoms with Gasteiger partial charge in [0.25, 0.3) is 5.82 Å². The molecule has 3 aromatic heterocycles. The summed E-state index contributed by atoms with van der Waals surface area (Å²) in [6, 6.07) is 21.9. The van der Waals surface area contributed by atoms with Crippen LogP contribution in [0.2, 0.25) is 0 Å². The van der Waals surface area contributed by atoms with Crippen molar-refractivity contribution in [3.8, 4) is 17.1 Å². The number of aromatic nitrogens is 3. The molecule has 32 heavy (non-hydrogen) atoms. The van der Waals surface area contributed by atoms with Crippen molar-refractivity contribution < 1.29 is 4.57 Å². The van der Waals surface area contributed by atoms with Crippen LogP contribution >= 0.6 is 11.3 Å². The second-order valence-electron chi connectivity index (χ2n) is 8.54. The number of imidazole rings is 1. The minimum atomic E-state index is 1.17. The Morgan fingerprint density at radius 2 is 1.66 bits per heavy atom. The summed E-state index contributed by atoms with van der Waals surface area (Å²) in [4.78, 5) is 4.34. The van der Waals surface area contributed by atoms with Crippen molar-refractivity contribution in [1.29, 1.82) is 0 Å². The van der Waals surface area contributed by atoms with Gasteiger partial charge in [0.15, 0.2) is 11.0 Å². The fourth-order valence-electron chi connectivity index (χ4n) is 5.09.